The number of rotatable bonds is 5. The van der Waals surface area contributed by atoms with E-state index in [4.69, 9.17) is 0 Å². The molecule has 5 rings (SSSR count). The molecule has 0 aromatic heterocycles. The fourth-order valence-electron chi connectivity index (χ4n) is 6.17. The van der Waals surface area contributed by atoms with Crippen LogP contribution in [0.4, 0.5) is 0 Å². The van der Waals surface area contributed by atoms with E-state index in [0.717, 1.165) is 6.42 Å². The van der Waals surface area contributed by atoms with E-state index in [1.807, 2.05) is 0 Å². The summed E-state index contributed by atoms with van der Waals surface area (Å²) in [6.07, 6.45) is 16.4. The van der Waals surface area contributed by atoms with E-state index in [1.54, 1.807) is 5.57 Å². The van der Waals surface area contributed by atoms with Gasteiger partial charge in [-0.2, -0.15) is 0 Å². The Morgan fingerprint density at radius 3 is 2.40 bits per heavy atom. The molecule has 0 radical (unpaired) electrons. The molecule has 1 fully saturated rings. The lowest BCUT2D eigenvalue weighted by molar-refractivity contribution is 0.217. The third-order valence-electron chi connectivity index (χ3n) is 7.57. The van der Waals surface area contributed by atoms with Gasteiger partial charge in [0.2, 0.25) is 0 Å². The van der Waals surface area contributed by atoms with E-state index in [9.17, 15) is 0 Å². The topological polar surface area (TPSA) is 0 Å². The second kappa shape index (κ2) is 8.42. The number of hydrogen-bond acceptors (Lipinski definition) is 0. The second-order valence-electron chi connectivity index (χ2n) is 9.76. The van der Waals surface area contributed by atoms with Gasteiger partial charge in [-0.05, 0) is 76.6 Å². The Bertz CT molecular complexity index is 1060. The van der Waals surface area contributed by atoms with Gasteiger partial charge in [-0.25, -0.2) is 0 Å². The molecule has 0 amide bonds. The standard InChI is InChI=1S/C30H34/c1-2-16-30(17-7-3-4-8-18-30)22-23-19-26-12-9-13-28(29(26)20-23)27-15-14-24-10-5-6-11-25(24)21-27/h5-6,9-15,20-21H,2-4,7-8,16-19,22H2,1H3. The molecule has 0 heteroatoms. The van der Waals surface area contributed by atoms with Crippen molar-refractivity contribution in [2.24, 2.45) is 5.41 Å². The highest BCUT2D eigenvalue weighted by Gasteiger charge is 2.32. The minimum absolute atomic E-state index is 0.558. The van der Waals surface area contributed by atoms with Crippen molar-refractivity contribution in [3.63, 3.8) is 0 Å². The lowest BCUT2D eigenvalue weighted by Gasteiger charge is -2.33. The van der Waals surface area contributed by atoms with Gasteiger partial charge in [0.25, 0.3) is 0 Å². The molecule has 0 saturated heterocycles. The van der Waals surface area contributed by atoms with Gasteiger partial charge in [0.05, 0.1) is 0 Å². The first-order valence-electron chi connectivity index (χ1n) is 12.1. The van der Waals surface area contributed by atoms with Crippen molar-refractivity contribution >= 4 is 16.8 Å². The van der Waals surface area contributed by atoms with Crippen molar-refractivity contribution in [3.05, 3.63) is 77.4 Å². The highest BCUT2D eigenvalue weighted by molar-refractivity contribution is 5.90. The van der Waals surface area contributed by atoms with Gasteiger partial charge in [0.1, 0.15) is 0 Å². The molecular formula is C30H34. The van der Waals surface area contributed by atoms with E-state index < -0.39 is 0 Å². The zero-order chi connectivity index (χ0) is 20.4. The summed E-state index contributed by atoms with van der Waals surface area (Å²) < 4.78 is 0. The molecule has 1 saturated carbocycles. The normalized spacial score (nSPS) is 18.1. The summed E-state index contributed by atoms with van der Waals surface area (Å²) in [5, 5.41) is 2.65. The highest BCUT2D eigenvalue weighted by atomic mass is 14.4. The third-order valence-corrected chi connectivity index (χ3v) is 7.57. The summed E-state index contributed by atoms with van der Waals surface area (Å²) in [4.78, 5) is 0. The molecule has 154 valence electrons. The first-order valence-corrected chi connectivity index (χ1v) is 12.1. The molecule has 0 heterocycles. The van der Waals surface area contributed by atoms with Crippen LogP contribution >= 0.6 is 0 Å². The van der Waals surface area contributed by atoms with Crippen LogP contribution in [-0.4, -0.2) is 0 Å². The largest absolute Gasteiger partial charge is 0.0654 e. The van der Waals surface area contributed by atoms with E-state index in [2.05, 4.69) is 73.7 Å². The number of fused-ring (bicyclic) bond motifs is 2. The third kappa shape index (κ3) is 3.85. The quantitative estimate of drug-likeness (QED) is 0.379. The predicted molar refractivity (Wildman–Crippen MR) is 131 cm³/mol. The molecule has 0 atom stereocenters. The predicted octanol–water partition coefficient (Wildman–Crippen LogP) is 8.98. The summed E-state index contributed by atoms with van der Waals surface area (Å²) in [7, 11) is 0. The van der Waals surface area contributed by atoms with Gasteiger partial charge in [-0.15, -0.1) is 0 Å². The summed E-state index contributed by atoms with van der Waals surface area (Å²) in [5.74, 6) is 0. The minimum Gasteiger partial charge on any atom is -0.0654 e. The van der Waals surface area contributed by atoms with Crippen LogP contribution in [0.3, 0.4) is 0 Å². The molecular weight excluding hydrogens is 360 g/mol. The lowest BCUT2D eigenvalue weighted by Crippen LogP contribution is -2.20. The monoisotopic (exact) mass is 394 g/mol. The Balaban J connectivity index is 1.47. The van der Waals surface area contributed by atoms with Crippen LogP contribution in [-0.2, 0) is 6.42 Å². The maximum atomic E-state index is 2.56. The smallest absolute Gasteiger partial charge is 0.00574 e. The molecule has 30 heavy (non-hydrogen) atoms. The molecule has 0 spiro atoms. The van der Waals surface area contributed by atoms with Gasteiger partial charge in [0.15, 0.2) is 0 Å². The number of hydrogen-bond donors (Lipinski definition) is 0. The zero-order valence-corrected chi connectivity index (χ0v) is 18.4. The van der Waals surface area contributed by atoms with E-state index in [0.29, 0.717) is 5.41 Å². The van der Waals surface area contributed by atoms with Crippen molar-refractivity contribution in [2.75, 3.05) is 0 Å². The molecule has 3 aromatic rings. The Hall–Kier alpha value is -2.34. The van der Waals surface area contributed by atoms with Crippen molar-refractivity contribution in [3.8, 4) is 11.1 Å². The van der Waals surface area contributed by atoms with E-state index in [-0.39, 0.29) is 0 Å². The number of allylic oxidation sites excluding steroid dienone is 1. The van der Waals surface area contributed by atoms with Crippen molar-refractivity contribution < 1.29 is 0 Å². The summed E-state index contributed by atoms with van der Waals surface area (Å²) >= 11 is 0. The van der Waals surface area contributed by atoms with Crippen molar-refractivity contribution in [1.29, 1.82) is 0 Å². The van der Waals surface area contributed by atoms with Crippen molar-refractivity contribution in [2.45, 2.75) is 71.1 Å². The molecule has 0 aliphatic heterocycles. The Morgan fingerprint density at radius 2 is 1.60 bits per heavy atom. The molecule has 2 aliphatic carbocycles. The van der Waals surface area contributed by atoms with Crippen LogP contribution in [0.1, 0.15) is 75.8 Å². The molecule has 0 bridgehead atoms. The average molecular weight is 395 g/mol. The zero-order valence-electron chi connectivity index (χ0n) is 18.4. The van der Waals surface area contributed by atoms with Gasteiger partial charge in [-0.1, -0.05) is 105 Å². The first-order chi connectivity index (χ1) is 14.8. The van der Waals surface area contributed by atoms with Gasteiger partial charge >= 0.3 is 0 Å². The van der Waals surface area contributed by atoms with Crippen LogP contribution < -0.4 is 0 Å². The maximum Gasteiger partial charge on any atom is -0.00574 e. The lowest BCUT2D eigenvalue weighted by atomic mass is 9.72. The van der Waals surface area contributed by atoms with Crippen LogP contribution in [0.15, 0.2) is 66.2 Å². The number of benzene rings is 3. The molecule has 0 unspecified atom stereocenters. The molecule has 3 aromatic carbocycles. The second-order valence-corrected chi connectivity index (χ2v) is 9.76. The summed E-state index contributed by atoms with van der Waals surface area (Å²) in [6.45, 7) is 2.38. The molecule has 2 aliphatic rings. The average Bonchev–Trinajstić information content (AvgIpc) is 3.04. The van der Waals surface area contributed by atoms with Gasteiger partial charge in [-0.3, -0.25) is 0 Å². The Morgan fingerprint density at radius 1 is 0.800 bits per heavy atom. The van der Waals surface area contributed by atoms with Crippen LogP contribution in [0, 0.1) is 5.41 Å². The van der Waals surface area contributed by atoms with E-state index >= 15 is 0 Å². The summed E-state index contributed by atoms with van der Waals surface area (Å²) in [5.41, 5.74) is 7.98. The fraction of sp³-hybridized carbons (Fsp3) is 0.400. The van der Waals surface area contributed by atoms with Gasteiger partial charge < -0.3 is 0 Å². The molecule has 0 N–H and O–H groups in total. The van der Waals surface area contributed by atoms with E-state index in [1.165, 1.54) is 90.8 Å². The van der Waals surface area contributed by atoms with Crippen LogP contribution in [0.2, 0.25) is 0 Å². The minimum atomic E-state index is 0.558. The maximum absolute atomic E-state index is 2.56. The van der Waals surface area contributed by atoms with Crippen LogP contribution in [0.25, 0.3) is 28.0 Å². The summed E-state index contributed by atoms with van der Waals surface area (Å²) in [6, 6.07) is 22.5. The van der Waals surface area contributed by atoms with Crippen molar-refractivity contribution in [1.82, 2.24) is 0 Å². The highest BCUT2D eigenvalue weighted by Crippen LogP contribution is 2.47. The SMILES string of the molecule is CCCC1(CC2=Cc3c(cccc3-c3ccc4ccccc4c3)C2)CCCCCC1. The fourth-order valence-corrected chi connectivity index (χ4v) is 6.17. The Kier molecular flexibility index (Phi) is 5.50. The molecule has 0 nitrogen and oxygen atoms in total. The van der Waals surface area contributed by atoms with Gasteiger partial charge in [0, 0.05) is 0 Å². The Labute approximate surface area is 182 Å². The first kappa shape index (κ1) is 19.6. The van der Waals surface area contributed by atoms with Crippen LogP contribution in [0.5, 0.6) is 0 Å².